The highest BCUT2D eigenvalue weighted by Gasteiger charge is 2.14. The van der Waals surface area contributed by atoms with E-state index in [0.717, 1.165) is 16.3 Å². The molecule has 1 amide bonds. The standard InChI is InChI=1S/C26H22FN3O2S/c1-16(2)25(32)28-20-13-9-17(10-14-20)23(31)15-33-26-22-6-4-3-5-21(22)24(29-30-26)18-7-11-19(27)12-8-18/h3-14,16H,15H2,1-2H3,(H,28,32). The van der Waals surface area contributed by atoms with Crippen LogP contribution < -0.4 is 5.32 Å². The van der Waals surface area contributed by atoms with E-state index in [1.807, 2.05) is 38.1 Å². The minimum absolute atomic E-state index is 0.0461. The summed E-state index contributed by atoms with van der Waals surface area (Å²) in [4.78, 5) is 24.5. The van der Waals surface area contributed by atoms with Gasteiger partial charge in [0, 0.05) is 33.5 Å². The number of benzene rings is 3. The Labute approximate surface area is 195 Å². The molecule has 0 radical (unpaired) electrons. The highest BCUT2D eigenvalue weighted by molar-refractivity contribution is 8.00. The number of rotatable bonds is 7. The number of nitrogens with zero attached hydrogens (tertiary/aromatic N) is 2. The van der Waals surface area contributed by atoms with Gasteiger partial charge in [-0.25, -0.2) is 4.39 Å². The fraction of sp³-hybridized carbons (Fsp3) is 0.154. The highest BCUT2D eigenvalue weighted by atomic mass is 32.2. The molecule has 0 fully saturated rings. The summed E-state index contributed by atoms with van der Waals surface area (Å²) < 4.78 is 13.3. The van der Waals surface area contributed by atoms with Gasteiger partial charge in [0.25, 0.3) is 0 Å². The third kappa shape index (κ3) is 5.26. The van der Waals surface area contributed by atoms with E-state index in [0.29, 0.717) is 22.0 Å². The average Bonchev–Trinajstić information content (AvgIpc) is 2.83. The predicted molar refractivity (Wildman–Crippen MR) is 130 cm³/mol. The second-order valence-corrected chi connectivity index (χ2v) is 8.80. The average molecular weight is 460 g/mol. The van der Waals surface area contributed by atoms with Crippen LogP contribution in [-0.4, -0.2) is 27.6 Å². The molecule has 0 saturated carbocycles. The molecule has 0 saturated heterocycles. The molecule has 4 rings (SSSR count). The van der Waals surface area contributed by atoms with Gasteiger partial charge in [0.2, 0.25) is 5.91 Å². The van der Waals surface area contributed by atoms with Crippen LogP contribution >= 0.6 is 11.8 Å². The van der Waals surface area contributed by atoms with Crippen LogP contribution in [0.3, 0.4) is 0 Å². The first-order chi connectivity index (χ1) is 15.9. The van der Waals surface area contributed by atoms with E-state index in [1.165, 1.54) is 23.9 Å². The number of thioether (sulfide) groups is 1. The van der Waals surface area contributed by atoms with Crippen molar-refractivity contribution in [3.63, 3.8) is 0 Å². The minimum atomic E-state index is -0.308. The van der Waals surface area contributed by atoms with E-state index in [2.05, 4.69) is 15.5 Å². The molecule has 0 aliphatic rings. The Hall–Kier alpha value is -3.58. The molecule has 0 atom stereocenters. The summed E-state index contributed by atoms with van der Waals surface area (Å²) in [6.07, 6.45) is 0. The van der Waals surface area contributed by atoms with Crippen molar-refractivity contribution in [2.24, 2.45) is 5.92 Å². The molecule has 4 aromatic rings. The van der Waals surface area contributed by atoms with Gasteiger partial charge in [-0.3, -0.25) is 9.59 Å². The molecule has 0 aliphatic carbocycles. The number of carbonyl (C=O) groups excluding carboxylic acids is 2. The van der Waals surface area contributed by atoms with E-state index in [1.54, 1.807) is 36.4 Å². The molecule has 7 heteroatoms. The van der Waals surface area contributed by atoms with Crippen molar-refractivity contribution < 1.29 is 14.0 Å². The Morgan fingerprint density at radius 1 is 0.909 bits per heavy atom. The van der Waals surface area contributed by atoms with Gasteiger partial charge in [-0.05, 0) is 48.5 Å². The number of hydrogen-bond donors (Lipinski definition) is 1. The Kier molecular flexibility index (Phi) is 6.79. The first-order valence-electron chi connectivity index (χ1n) is 10.5. The number of nitrogens with one attached hydrogen (secondary N) is 1. The van der Waals surface area contributed by atoms with Gasteiger partial charge in [0.1, 0.15) is 16.5 Å². The molecular weight excluding hydrogens is 437 g/mol. The van der Waals surface area contributed by atoms with Gasteiger partial charge >= 0.3 is 0 Å². The van der Waals surface area contributed by atoms with Gasteiger partial charge in [0.05, 0.1) is 5.75 Å². The lowest BCUT2D eigenvalue weighted by molar-refractivity contribution is -0.118. The zero-order chi connectivity index (χ0) is 23.4. The number of Topliss-reactive ketones (excluding diaryl/α,β-unsaturated/α-hetero) is 1. The number of aromatic nitrogens is 2. The van der Waals surface area contributed by atoms with Crippen LogP contribution in [0.4, 0.5) is 10.1 Å². The molecule has 5 nitrogen and oxygen atoms in total. The van der Waals surface area contributed by atoms with Gasteiger partial charge < -0.3 is 5.32 Å². The molecule has 0 aliphatic heterocycles. The SMILES string of the molecule is CC(C)C(=O)Nc1ccc(C(=O)CSc2nnc(-c3ccc(F)cc3)c3ccccc23)cc1. The van der Waals surface area contributed by atoms with Crippen molar-refractivity contribution in [2.75, 3.05) is 11.1 Å². The van der Waals surface area contributed by atoms with E-state index < -0.39 is 0 Å². The lowest BCUT2D eigenvalue weighted by Crippen LogP contribution is -2.17. The van der Waals surface area contributed by atoms with E-state index >= 15 is 0 Å². The number of halogens is 1. The Bertz CT molecular complexity index is 1310. The number of hydrogen-bond acceptors (Lipinski definition) is 5. The van der Waals surface area contributed by atoms with Crippen LogP contribution in [0.25, 0.3) is 22.0 Å². The van der Waals surface area contributed by atoms with Gasteiger partial charge in [-0.2, -0.15) is 0 Å². The fourth-order valence-corrected chi connectivity index (χ4v) is 4.12. The van der Waals surface area contributed by atoms with Crippen molar-refractivity contribution in [1.82, 2.24) is 10.2 Å². The Balaban J connectivity index is 1.50. The highest BCUT2D eigenvalue weighted by Crippen LogP contribution is 2.32. The summed E-state index contributed by atoms with van der Waals surface area (Å²) in [5.41, 5.74) is 2.66. The van der Waals surface area contributed by atoms with Gasteiger partial charge in [-0.15, -0.1) is 10.2 Å². The molecule has 0 spiro atoms. The normalized spacial score (nSPS) is 11.0. The molecule has 33 heavy (non-hydrogen) atoms. The summed E-state index contributed by atoms with van der Waals surface area (Å²) in [7, 11) is 0. The zero-order valence-corrected chi connectivity index (χ0v) is 19.0. The lowest BCUT2D eigenvalue weighted by Gasteiger charge is -2.10. The summed E-state index contributed by atoms with van der Waals surface area (Å²) in [5, 5.41) is 14.0. The van der Waals surface area contributed by atoms with Crippen LogP contribution in [0.15, 0.2) is 77.8 Å². The fourth-order valence-electron chi connectivity index (χ4n) is 3.25. The topological polar surface area (TPSA) is 72.0 Å². The smallest absolute Gasteiger partial charge is 0.226 e. The van der Waals surface area contributed by atoms with Crippen molar-refractivity contribution in [3.8, 4) is 11.3 Å². The maximum Gasteiger partial charge on any atom is 0.226 e. The molecule has 1 aromatic heterocycles. The lowest BCUT2D eigenvalue weighted by atomic mass is 10.1. The third-order valence-corrected chi connectivity index (χ3v) is 6.09. The van der Waals surface area contributed by atoms with E-state index in [4.69, 9.17) is 0 Å². The van der Waals surface area contributed by atoms with Crippen molar-refractivity contribution in [3.05, 3.63) is 84.2 Å². The van der Waals surface area contributed by atoms with Gasteiger partial charge in [-0.1, -0.05) is 49.9 Å². The molecule has 0 bridgehead atoms. The van der Waals surface area contributed by atoms with Crippen molar-refractivity contribution in [1.29, 1.82) is 0 Å². The second-order valence-electron chi connectivity index (χ2n) is 7.84. The number of carbonyl (C=O) groups is 2. The zero-order valence-electron chi connectivity index (χ0n) is 18.2. The van der Waals surface area contributed by atoms with E-state index in [9.17, 15) is 14.0 Å². The molecule has 166 valence electrons. The Morgan fingerprint density at radius 2 is 1.58 bits per heavy atom. The molecule has 1 heterocycles. The van der Waals surface area contributed by atoms with Crippen LogP contribution in [0, 0.1) is 11.7 Å². The Morgan fingerprint density at radius 3 is 2.24 bits per heavy atom. The predicted octanol–water partition coefficient (Wildman–Crippen LogP) is 6.01. The van der Waals surface area contributed by atoms with Crippen molar-refractivity contribution in [2.45, 2.75) is 18.9 Å². The molecule has 0 unspecified atom stereocenters. The maximum atomic E-state index is 13.3. The second kappa shape index (κ2) is 9.92. The largest absolute Gasteiger partial charge is 0.326 e. The van der Waals surface area contributed by atoms with Crippen LogP contribution in [0.5, 0.6) is 0 Å². The molecular formula is C26H22FN3O2S. The number of amides is 1. The minimum Gasteiger partial charge on any atom is -0.326 e. The molecule has 3 aromatic carbocycles. The van der Waals surface area contributed by atoms with Gasteiger partial charge in [0.15, 0.2) is 5.78 Å². The van der Waals surface area contributed by atoms with Crippen LogP contribution in [-0.2, 0) is 4.79 Å². The quantitative estimate of drug-likeness (QED) is 0.271. The summed E-state index contributed by atoms with van der Waals surface area (Å²) >= 11 is 1.33. The summed E-state index contributed by atoms with van der Waals surface area (Å²) in [6, 6.07) is 20.7. The maximum absolute atomic E-state index is 13.3. The van der Waals surface area contributed by atoms with Crippen molar-refractivity contribution >= 4 is 39.9 Å². The number of ketones is 1. The van der Waals surface area contributed by atoms with Crippen LogP contribution in [0.1, 0.15) is 24.2 Å². The number of fused-ring (bicyclic) bond motifs is 1. The number of anilines is 1. The monoisotopic (exact) mass is 459 g/mol. The third-order valence-electron chi connectivity index (χ3n) is 5.11. The van der Waals surface area contributed by atoms with E-state index in [-0.39, 0.29) is 29.2 Å². The summed E-state index contributed by atoms with van der Waals surface area (Å²) in [6.45, 7) is 3.65. The van der Waals surface area contributed by atoms with Crippen LogP contribution in [0.2, 0.25) is 0 Å². The first-order valence-corrected chi connectivity index (χ1v) is 11.5. The molecule has 1 N–H and O–H groups in total. The summed E-state index contributed by atoms with van der Waals surface area (Å²) in [5.74, 6) is -0.341. The first kappa shape index (κ1) is 22.6.